The number of hydrogen-bond acceptors (Lipinski definition) is 4. The smallest absolute Gasteiger partial charge is 0.404 e. The van der Waals surface area contributed by atoms with Crippen molar-refractivity contribution in [2.75, 3.05) is 10.0 Å². The number of anilines is 2. The van der Waals surface area contributed by atoms with Gasteiger partial charge in [-0.25, -0.2) is 8.42 Å². The minimum atomic E-state index is -5.27. The summed E-state index contributed by atoms with van der Waals surface area (Å²) in [5, 5.41) is 2.16. The number of amides is 1. The average molecular weight is 442 g/mol. The second-order valence-electron chi connectivity index (χ2n) is 5.57. The first-order valence-corrected chi connectivity index (χ1v) is 9.03. The predicted molar refractivity (Wildman–Crippen MR) is 89.7 cm³/mol. The molecule has 0 radical (unpaired) electrons. The summed E-state index contributed by atoms with van der Waals surface area (Å²) in [6.45, 7) is 1.07. The van der Waals surface area contributed by atoms with Crippen molar-refractivity contribution in [3.05, 3.63) is 48.0 Å². The monoisotopic (exact) mass is 442 g/mol. The van der Waals surface area contributed by atoms with Gasteiger partial charge in [-0.15, -0.1) is 13.2 Å². The molecule has 0 atom stereocenters. The first-order chi connectivity index (χ1) is 13.2. The van der Waals surface area contributed by atoms with E-state index in [0.29, 0.717) is 24.3 Å². The van der Waals surface area contributed by atoms with E-state index in [1.807, 2.05) is 0 Å². The number of sulfonamides is 1. The van der Waals surface area contributed by atoms with Gasteiger partial charge in [0.1, 0.15) is 4.90 Å². The van der Waals surface area contributed by atoms with E-state index in [1.165, 1.54) is 0 Å². The fraction of sp³-hybridized carbons (Fsp3) is 0.188. The zero-order valence-electron chi connectivity index (χ0n) is 14.4. The van der Waals surface area contributed by atoms with Gasteiger partial charge in [0, 0.05) is 24.4 Å². The van der Waals surface area contributed by atoms with Crippen LogP contribution in [0.15, 0.2) is 47.4 Å². The van der Waals surface area contributed by atoms with Gasteiger partial charge in [-0.1, -0.05) is 6.07 Å². The fourth-order valence-electron chi connectivity index (χ4n) is 2.18. The van der Waals surface area contributed by atoms with Crippen LogP contribution in [0.25, 0.3) is 0 Å². The number of carbonyl (C=O) groups excluding carboxylic acids is 1. The van der Waals surface area contributed by atoms with Gasteiger partial charge in [-0.3, -0.25) is 9.52 Å². The molecule has 2 rings (SSSR count). The molecule has 0 saturated heterocycles. The summed E-state index contributed by atoms with van der Waals surface area (Å²) in [5.74, 6) is -1.82. The minimum Gasteiger partial charge on any atom is -0.404 e. The molecule has 0 unspecified atom stereocenters. The van der Waals surface area contributed by atoms with Crippen LogP contribution in [-0.2, 0) is 21.0 Å². The number of halogens is 6. The summed E-state index contributed by atoms with van der Waals surface area (Å²) in [6.07, 6.45) is -10.0. The van der Waals surface area contributed by atoms with Gasteiger partial charge in [-0.2, -0.15) is 13.2 Å². The summed E-state index contributed by atoms with van der Waals surface area (Å²) < 4.78 is 107. The van der Waals surface area contributed by atoms with Crippen molar-refractivity contribution in [1.29, 1.82) is 0 Å². The lowest BCUT2D eigenvalue weighted by atomic mass is 10.2. The number of hydrogen-bond donors (Lipinski definition) is 2. The van der Waals surface area contributed by atoms with Gasteiger partial charge in [0.25, 0.3) is 10.0 Å². The highest BCUT2D eigenvalue weighted by Gasteiger charge is 2.35. The molecule has 1 amide bonds. The third-order valence-corrected chi connectivity index (χ3v) is 4.64. The number of carbonyl (C=O) groups is 1. The van der Waals surface area contributed by atoms with Crippen molar-refractivity contribution < 1.29 is 44.3 Å². The van der Waals surface area contributed by atoms with E-state index in [4.69, 9.17) is 0 Å². The zero-order chi connectivity index (χ0) is 22.0. The summed E-state index contributed by atoms with van der Waals surface area (Å²) >= 11 is 0. The van der Waals surface area contributed by atoms with Crippen LogP contribution >= 0.6 is 0 Å². The third-order valence-electron chi connectivity index (χ3n) is 3.22. The molecule has 0 bridgehead atoms. The molecule has 0 fully saturated rings. The van der Waals surface area contributed by atoms with Gasteiger partial charge < -0.3 is 10.1 Å². The minimum absolute atomic E-state index is 0.185. The largest absolute Gasteiger partial charge is 0.573 e. The Labute approximate surface area is 160 Å². The lowest BCUT2D eigenvalue weighted by molar-refractivity contribution is -0.275. The van der Waals surface area contributed by atoms with Gasteiger partial charge >= 0.3 is 12.5 Å². The third kappa shape index (κ3) is 6.27. The first-order valence-electron chi connectivity index (χ1n) is 7.55. The van der Waals surface area contributed by atoms with Crippen LogP contribution in [0, 0.1) is 0 Å². The van der Waals surface area contributed by atoms with Crippen molar-refractivity contribution in [1.82, 2.24) is 0 Å². The number of rotatable bonds is 5. The Bertz CT molecular complexity index is 1020. The highest BCUT2D eigenvalue weighted by atomic mass is 32.2. The molecule has 0 spiro atoms. The number of alkyl halides is 6. The summed E-state index contributed by atoms with van der Waals surface area (Å²) in [5.41, 5.74) is -1.87. The maximum Gasteiger partial charge on any atom is 0.573 e. The molecule has 13 heteroatoms. The Morgan fingerprint density at radius 3 is 2.17 bits per heavy atom. The van der Waals surface area contributed by atoms with Crippen molar-refractivity contribution >= 4 is 27.3 Å². The number of nitrogens with one attached hydrogen (secondary N) is 2. The maximum atomic E-state index is 12.8. The average Bonchev–Trinajstić information content (AvgIpc) is 2.51. The molecule has 0 heterocycles. The van der Waals surface area contributed by atoms with E-state index in [2.05, 4.69) is 10.1 Å². The van der Waals surface area contributed by atoms with E-state index >= 15 is 0 Å². The lowest BCUT2D eigenvalue weighted by Crippen LogP contribution is -2.21. The SMILES string of the molecule is CC(=O)Nc1ccc(S(=O)(=O)Nc2cccc(C(F)(F)F)c2)c(OC(F)(F)F)c1. The Balaban J connectivity index is 2.46. The fourth-order valence-corrected chi connectivity index (χ4v) is 3.34. The van der Waals surface area contributed by atoms with Crippen LogP contribution < -0.4 is 14.8 Å². The predicted octanol–water partition coefficient (Wildman–Crippen LogP) is 4.36. The molecular weight excluding hydrogens is 430 g/mol. The standard InChI is InChI=1S/C16H12F6N2O4S/c1-9(25)23-11-5-6-14(13(8-11)28-16(20,21)22)29(26,27)24-12-4-2-3-10(7-12)15(17,18)19/h2-8,24H,1H3,(H,23,25). The lowest BCUT2D eigenvalue weighted by Gasteiger charge is -2.16. The zero-order valence-corrected chi connectivity index (χ0v) is 15.2. The summed E-state index contributed by atoms with van der Waals surface area (Å²) in [4.78, 5) is 10.1. The Morgan fingerprint density at radius 2 is 1.62 bits per heavy atom. The van der Waals surface area contributed by atoms with E-state index in [9.17, 15) is 39.6 Å². The Hall–Kier alpha value is -2.96. The molecule has 0 aromatic heterocycles. The van der Waals surface area contributed by atoms with Gasteiger partial charge in [0.15, 0.2) is 5.75 Å². The second kappa shape index (κ2) is 7.81. The van der Waals surface area contributed by atoms with Crippen molar-refractivity contribution in [2.45, 2.75) is 24.4 Å². The van der Waals surface area contributed by atoms with Crippen LogP contribution in [0.4, 0.5) is 37.7 Å². The van der Waals surface area contributed by atoms with E-state index < -0.39 is 50.4 Å². The molecule has 29 heavy (non-hydrogen) atoms. The van der Waals surface area contributed by atoms with Crippen LogP contribution in [0.5, 0.6) is 5.75 Å². The van der Waals surface area contributed by atoms with Gasteiger partial charge in [0.2, 0.25) is 5.91 Å². The number of ether oxygens (including phenoxy) is 1. The number of benzene rings is 2. The summed E-state index contributed by atoms with van der Waals surface area (Å²) in [6, 6.07) is 5.41. The Morgan fingerprint density at radius 1 is 0.966 bits per heavy atom. The summed E-state index contributed by atoms with van der Waals surface area (Å²) in [7, 11) is -4.78. The van der Waals surface area contributed by atoms with Crippen LogP contribution in [0.3, 0.4) is 0 Å². The molecule has 0 aliphatic heterocycles. The highest BCUT2D eigenvalue weighted by Crippen LogP contribution is 2.35. The molecule has 6 nitrogen and oxygen atoms in total. The molecule has 2 aromatic carbocycles. The van der Waals surface area contributed by atoms with Gasteiger partial charge in [-0.05, 0) is 30.3 Å². The Kier molecular flexibility index (Phi) is 6.02. The normalized spacial score (nSPS) is 12.4. The quantitative estimate of drug-likeness (QED) is 0.674. The van der Waals surface area contributed by atoms with Crippen molar-refractivity contribution in [2.24, 2.45) is 0 Å². The molecule has 0 aliphatic carbocycles. The van der Waals surface area contributed by atoms with E-state index in [0.717, 1.165) is 25.1 Å². The molecule has 158 valence electrons. The van der Waals surface area contributed by atoms with Crippen LogP contribution in [0.2, 0.25) is 0 Å². The second-order valence-corrected chi connectivity index (χ2v) is 7.23. The van der Waals surface area contributed by atoms with E-state index in [-0.39, 0.29) is 5.69 Å². The molecule has 0 saturated carbocycles. The van der Waals surface area contributed by atoms with Crippen LogP contribution in [0.1, 0.15) is 12.5 Å². The first kappa shape index (κ1) is 22.3. The molecule has 2 N–H and O–H groups in total. The molecule has 0 aliphatic rings. The molecular formula is C16H12F6N2O4S. The van der Waals surface area contributed by atoms with Crippen LogP contribution in [-0.4, -0.2) is 20.7 Å². The van der Waals surface area contributed by atoms with Crippen molar-refractivity contribution in [3.63, 3.8) is 0 Å². The topological polar surface area (TPSA) is 84.5 Å². The maximum absolute atomic E-state index is 12.8. The van der Waals surface area contributed by atoms with Crippen molar-refractivity contribution in [3.8, 4) is 5.75 Å². The highest BCUT2D eigenvalue weighted by molar-refractivity contribution is 7.92. The molecule has 2 aromatic rings. The van der Waals surface area contributed by atoms with E-state index in [1.54, 1.807) is 4.72 Å². The van der Waals surface area contributed by atoms with Gasteiger partial charge in [0.05, 0.1) is 5.56 Å².